The van der Waals surface area contributed by atoms with Gasteiger partial charge in [-0.2, -0.15) is 22.3 Å². The first-order valence-corrected chi connectivity index (χ1v) is 18.4. The van der Waals surface area contributed by atoms with E-state index in [4.69, 9.17) is 0 Å². The summed E-state index contributed by atoms with van der Waals surface area (Å²) in [5.74, 6) is -71.4. The van der Waals surface area contributed by atoms with Gasteiger partial charge < -0.3 is 0 Å². The molecular formula is C44H30BF20Nd. The van der Waals surface area contributed by atoms with Crippen molar-refractivity contribution < 1.29 is 129 Å². The van der Waals surface area contributed by atoms with Crippen LogP contribution in [0.4, 0.5) is 87.8 Å². The summed E-state index contributed by atoms with van der Waals surface area (Å²) in [4.78, 5) is 0. The van der Waals surface area contributed by atoms with Crippen molar-refractivity contribution in [2.24, 2.45) is 10.8 Å². The Morgan fingerprint density at radius 2 is 0.409 bits per heavy atom. The molecule has 0 spiro atoms. The van der Waals surface area contributed by atoms with Crippen molar-refractivity contribution in [1.82, 2.24) is 0 Å². The molecule has 66 heavy (non-hydrogen) atoms. The second-order valence-corrected chi connectivity index (χ2v) is 16.1. The maximum Gasteiger partial charge on any atom is 3.00 e. The van der Waals surface area contributed by atoms with Crippen LogP contribution in [0.5, 0.6) is 0 Å². The van der Waals surface area contributed by atoms with E-state index in [9.17, 15) is 52.7 Å². The predicted octanol–water partition coefficient (Wildman–Crippen LogP) is 12.1. The fourth-order valence-corrected chi connectivity index (χ4v) is 7.69. The molecule has 0 atom stereocenters. The number of benzene rings is 4. The van der Waals surface area contributed by atoms with E-state index in [2.05, 4.69) is 81.4 Å². The molecule has 0 heterocycles. The van der Waals surface area contributed by atoms with Gasteiger partial charge >= 0.3 is 40.8 Å². The monoisotopic (exact) mass is 1090 g/mol. The van der Waals surface area contributed by atoms with E-state index in [-0.39, 0.29) is 51.7 Å². The Balaban J connectivity index is 0.000000449. The van der Waals surface area contributed by atoms with Crippen molar-refractivity contribution in [2.45, 2.75) is 69.2 Å². The zero-order valence-electron chi connectivity index (χ0n) is 35.6. The Labute approximate surface area is 396 Å². The molecule has 22 heteroatoms. The summed E-state index contributed by atoms with van der Waals surface area (Å²) in [6, 6.07) is 0. The Bertz CT molecular complexity index is 2390. The molecule has 2 aliphatic rings. The topological polar surface area (TPSA) is 0 Å². The van der Waals surface area contributed by atoms with Gasteiger partial charge in [0.15, 0.2) is 69.8 Å². The Morgan fingerprint density at radius 1 is 0.273 bits per heavy atom. The Hall–Kier alpha value is -4.14. The van der Waals surface area contributed by atoms with Crippen LogP contribution >= 0.6 is 0 Å². The minimum Gasteiger partial charge on any atom is -0.263 e. The summed E-state index contributed by atoms with van der Waals surface area (Å²) in [7, 11) is 0. The molecule has 4 aromatic rings. The van der Waals surface area contributed by atoms with Crippen LogP contribution in [0.15, 0.2) is 33.4 Å². The van der Waals surface area contributed by atoms with E-state index in [0.29, 0.717) is 0 Å². The average Bonchev–Trinajstić information content (AvgIpc) is 3.54. The maximum atomic E-state index is 15.4. The van der Waals surface area contributed by atoms with Gasteiger partial charge in [0.05, 0.1) is 0 Å². The van der Waals surface area contributed by atoms with Crippen molar-refractivity contribution in [3.8, 4) is 0 Å². The van der Waals surface area contributed by atoms with Gasteiger partial charge in [0, 0.05) is 0 Å². The van der Waals surface area contributed by atoms with Crippen molar-refractivity contribution in [2.75, 3.05) is 0 Å². The van der Waals surface area contributed by atoms with E-state index in [0.717, 1.165) is 0 Å². The Morgan fingerprint density at radius 3 is 0.500 bits per heavy atom. The van der Waals surface area contributed by atoms with Crippen LogP contribution < -0.4 is 21.9 Å². The van der Waals surface area contributed by atoms with Crippen LogP contribution in [0, 0.1) is 180 Å². The van der Waals surface area contributed by atoms with Crippen molar-refractivity contribution in [1.29, 1.82) is 0 Å². The quantitative estimate of drug-likeness (QED) is 0.0628. The fraction of sp³-hybridized carbons (Fsp3) is 0.273. The van der Waals surface area contributed by atoms with Crippen LogP contribution in [-0.4, -0.2) is 6.15 Å². The average molecular weight is 1090 g/mol. The van der Waals surface area contributed by atoms with E-state index in [1.54, 1.807) is 0 Å². The zero-order chi connectivity index (χ0) is 50.2. The van der Waals surface area contributed by atoms with E-state index in [1.165, 1.54) is 33.4 Å². The van der Waals surface area contributed by atoms with Gasteiger partial charge in [-0.1, -0.05) is 66.2 Å². The largest absolute Gasteiger partial charge is 3.00 e. The van der Waals surface area contributed by atoms with Gasteiger partial charge in [0.2, 0.25) is 0 Å². The second-order valence-electron chi connectivity index (χ2n) is 16.1. The molecular weight excluding hydrogens is 1060 g/mol. The first kappa shape index (κ1) is 56.2. The molecule has 353 valence electrons. The summed E-state index contributed by atoms with van der Waals surface area (Å²) in [5.41, 5.74) is -5.54. The third-order valence-electron chi connectivity index (χ3n) is 11.8. The zero-order valence-corrected chi connectivity index (χ0v) is 38.8. The smallest absolute Gasteiger partial charge is 0.263 e. The second kappa shape index (κ2) is 19.5. The minimum absolute atomic E-state index is 0. The molecule has 0 unspecified atom stereocenters. The Kier molecular flexibility index (Phi) is 16.6. The number of rotatable bonds is 4. The number of hydrogen-bond acceptors (Lipinski definition) is 0. The first-order valence-electron chi connectivity index (χ1n) is 18.4. The van der Waals surface area contributed by atoms with E-state index < -0.39 is 144 Å². The molecule has 1 radical (unpaired) electrons. The van der Waals surface area contributed by atoms with E-state index >= 15 is 35.1 Å². The summed E-state index contributed by atoms with van der Waals surface area (Å²) >= 11 is 0. The molecule has 0 amide bonds. The molecule has 2 aliphatic carbocycles. The molecule has 0 N–H and O–H groups in total. The third-order valence-corrected chi connectivity index (χ3v) is 11.8. The molecule has 6 rings (SSSR count). The molecule has 0 fully saturated rings. The van der Waals surface area contributed by atoms with Gasteiger partial charge in [-0.25, -0.2) is 99.0 Å². The molecule has 0 saturated carbocycles. The van der Waals surface area contributed by atoms with Crippen LogP contribution in [-0.2, 0) is 0 Å². The molecule has 0 saturated heterocycles. The van der Waals surface area contributed by atoms with Crippen molar-refractivity contribution >= 4 is 28.0 Å². The first-order chi connectivity index (χ1) is 29.6. The molecule has 4 aromatic carbocycles. The van der Waals surface area contributed by atoms with Gasteiger partial charge in [0.25, 0.3) is 0 Å². The van der Waals surface area contributed by atoms with Crippen LogP contribution in [0.25, 0.3) is 0 Å². The van der Waals surface area contributed by atoms with Crippen LogP contribution in [0.1, 0.15) is 69.2 Å². The number of halogens is 20. The standard InChI is InChI=1S/C24BF20.2C10H15.Nd/c26-5-1(6(27)14(35)21(42)13(5)34)25(2-7(28)15(36)22(43)16(37)8(2)29,3-9(30)17(38)23(44)18(39)10(3)31)4-11(32)19(40)24(45)20(41)12(4)33;2*1-7-6-10(4,5)9(3)8(7)2;/h;2*1-5H3;/q3*-1;+3. The van der Waals surface area contributed by atoms with Gasteiger partial charge in [-0.3, -0.25) is 12.2 Å². The normalized spacial score (nSPS) is 15.3. The number of allylic oxidation sites excluding steroid dienone is 8. The summed E-state index contributed by atoms with van der Waals surface area (Å²) < 4.78 is 294. The maximum absolute atomic E-state index is 15.4. The van der Waals surface area contributed by atoms with Crippen molar-refractivity contribution in [3.63, 3.8) is 0 Å². The summed E-state index contributed by atoms with van der Waals surface area (Å²) in [6.07, 6.45) is -0.347. The molecule has 0 nitrogen and oxygen atoms in total. The number of hydrogen-bond donors (Lipinski definition) is 0. The van der Waals surface area contributed by atoms with Crippen molar-refractivity contribution in [3.05, 3.63) is 162 Å². The molecule has 0 aliphatic heterocycles. The SMILES string of the molecule is CC1=[C-]C(C)(C)C(C)=C1C.CC1=[C-]C(C)(C)C(C)=C1C.Fc1c(F)c(F)c([B-](c2c(F)c(F)c(F)c(F)c2F)(c2c(F)c(F)c(F)c(F)c2F)c2c(F)c(F)c(F)c(F)c2F)c(F)c1F.[Nd+3]. The predicted molar refractivity (Wildman–Crippen MR) is 198 cm³/mol. The van der Waals surface area contributed by atoms with Crippen LogP contribution in [0.3, 0.4) is 0 Å². The summed E-state index contributed by atoms with van der Waals surface area (Å²) in [5, 5.41) is 0. The molecule has 0 aromatic heterocycles. The summed E-state index contributed by atoms with van der Waals surface area (Å²) in [6.45, 7) is 21.8. The molecule has 0 bridgehead atoms. The van der Waals surface area contributed by atoms with Gasteiger partial charge in [0.1, 0.15) is 52.7 Å². The van der Waals surface area contributed by atoms with Gasteiger partial charge in [-0.15, -0.1) is 35.7 Å². The van der Waals surface area contributed by atoms with Gasteiger partial charge in [-0.05, 0) is 0 Å². The van der Waals surface area contributed by atoms with E-state index in [1.807, 2.05) is 0 Å². The fourth-order valence-electron chi connectivity index (χ4n) is 7.69. The third kappa shape index (κ3) is 8.76. The minimum atomic E-state index is -7.22. The van der Waals surface area contributed by atoms with Crippen LogP contribution in [0.2, 0.25) is 0 Å².